The molecule has 0 atom stereocenters. The minimum Gasteiger partial charge on any atom is -0.462 e. The van der Waals surface area contributed by atoms with Crippen molar-refractivity contribution in [1.29, 1.82) is 0 Å². The van der Waals surface area contributed by atoms with Gasteiger partial charge in [-0.25, -0.2) is 9.18 Å². The third kappa shape index (κ3) is 5.38. The number of para-hydroxylation sites is 1. The Bertz CT molecular complexity index is 1010. The number of anilines is 2. The van der Waals surface area contributed by atoms with Gasteiger partial charge in [0.1, 0.15) is 5.82 Å². The number of nitrogens with zero attached hydrogens (tertiary/aromatic N) is 1. The van der Waals surface area contributed by atoms with Crippen molar-refractivity contribution >= 4 is 23.3 Å². The highest BCUT2D eigenvalue weighted by atomic mass is 19.1. The average Bonchev–Trinajstić information content (AvgIpc) is 2.74. The van der Waals surface area contributed by atoms with Crippen LogP contribution in [0.25, 0.3) is 0 Å². The van der Waals surface area contributed by atoms with Crippen LogP contribution in [0, 0.1) is 5.82 Å². The van der Waals surface area contributed by atoms with Gasteiger partial charge in [0, 0.05) is 12.7 Å². The van der Waals surface area contributed by atoms with Crippen LogP contribution in [0.2, 0.25) is 0 Å². The monoisotopic (exact) mass is 393 g/mol. The Balaban J connectivity index is 1.70. The molecule has 0 unspecified atom stereocenters. The maximum absolute atomic E-state index is 13.0. The molecule has 3 rings (SSSR count). The summed E-state index contributed by atoms with van der Waals surface area (Å²) in [7, 11) is 0. The molecule has 2 N–H and O–H groups in total. The van der Waals surface area contributed by atoms with Crippen LogP contribution in [-0.2, 0) is 11.3 Å². The molecular weight excluding hydrogens is 373 g/mol. The molecule has 1 amide bonds. The fourth-order valence-electron chi connectivity index (χ4n) is 2.65. The lowest BCUT2D eigenvalue weighted by Gasteiger charge is -2.12. The number of rotatable bonds is 7. The van der Waals surface area contributed by atoms with E-state index in [1.807, 2.05) is 0 Å². The molecule has 0 aliphatic carbocycles. The second-order valence-corrected chi connectivity index (χ2v) is 6.16. The first-order valence-corrected chi connectivity index (χ1v) is 9.07. The number of carbonyl (C=O) groups excluding carboxylic acids is 2. The number of halogens is 1. The molecule has 0 saturated heterocycles. The smallest absolute Gasteiger partial charge is 0.340 e. The molecule has 2 aromatic carbocycles. The minimum absolute atomic E-state index is 0.266. The molecule has 0 aliphatic rings. The second kappa shape index (κ2) is 9.45. The lowest BCUT2D eigenvalue weighted by Crippen LogP contribution is -2.23. The number of pyridine rings is 1. The fraction of sp³-hybridized carbons (Fsp3) is 0.136. The third-order valence-electron chi connectivity index (χ3n) is 4.07. The van der Waals surface area contributed by atoms with E-state index in [0.717, 1.165) is 5.56 Å². The molecule has 3 aromatic rings. The molecule has 0 saturated carbocycles. The largest absolute Gasteiger partial charge is 0.462 e. The molecular formula is C22H20FN3O3. The van der Waals surface area contributed by atoms with Crippen molar-refractivity contribution in [2.24, 2.45) is 0 Å². The standard InChI is InChI=1S/C22H20FN3O3/c1-2-29-22(28)19-5-3-4-6-20(19)26-18-11-16(13-24-14-18)21(27)25-12-15-7-9-17(23)10-8-15/h3-11,13-14,26H,2,12H2,1H3,(H,25,27). The summed E-state index contributed by atoms with van der Waals surface area (Å²) in [4.78, 5) is 28.6. The number of ether oxygens (including phenoxy) is 1. The van der Waals surface area contributed by atoms with Gasteiger partial charge in [-0.05, 0) is 42.8 Å². The molecule has 1 aromatic heterocycles. The van der Waals surface area contributed by atoms with E-state index >= 15 is 0 Å². The molecule has 0 bridgehead atoms. The van der Waals surface area contributed by atoms with Gasteiger partial charge in [-0.3, -0.25) is 9.78 Å². The van der Waals surface area contributed by atoms with Gasteiger partial charge in [-0.1, -0.05) is 24.3 Å². The number of aromatic nitrogens is 1. The highest BCUT2D eigenvalue weighted by molar-refractivity contribution is 5.97. The lowest BCUT2D eigenvalue weighted by atomic mass is 10.1. The molecule has 7 heteroatoms. The van der Waals surface area contributed by atoms with E-state index in [1.54, 1.807) is 55.6 Å². The van der Waals surface area contributed by atoms with Gasteiger partial charge in [0.2, 0.25) is 0 Å². The van der Waals surface area contributed by atoms with E-state index in [4.69, 9.17) is 4.74 Å². The zero-order valence-electron chi connectivity index (χ0n) is 15.8. The second-order valence-electron chi connectivity index (χ2n) is 6.16. The Morgan fingerprint density at radius 2 is 1.83 bits per heavy atom. The Morgan fingerprint density at radius 1 is 1.07 bits per heavy atom. The van der Waals surface area contributed by atoms with Crippen molar-refractivity contribution in [3.63, 3.8) is 0 Å². The number of carbonyl (C=O) groups is 2. The van der Waals surface area contributed by atoms with Gasteiger partial charge in [0.15, 0.2) is 0 Å². The predicted octanol–water partition coefficient (Wildman–Crippen LogP) is 4.07. The van der Waals surface area contributed by atoms with E-state index in [0.29, 0.717) is 22.5 Å². The van der Waals surface area contributed by atoms with Crippen LogP contribution >= 0.6 is 0 Å². The first kappa shape index (κ1) is 20.0. The zero-order chi connectivity index (χ0) is 20.6. The Kier molecular flexibility index (Phi) is 6.52. The van der Waals surface area contributed by atoms with E-state index in [2.05, 4.69) is 15.6 Å². The van der Waals surface area contributed by atoms with Crippen molar-refractivity contribution in [3.8, 4) is 0 Å². The summed E-state index contributed by atoms with van der Waals surface area (Å²) in [5.74, 6) is -1.08. The SMILES string of the molecule is CCOC(=O)c1ccccc1Nc1cncc(C(=O)NCc2ccc(F)cc2)c1. The van der Waals surface area contributed by atoms with E-state index < -0.39 is 5.97 Å². The quantitative estimate of drug-likeness (QED) is 0.592. The Hall–Kier alpha value is -3.74. The fourth-order valence-corrected chi connectivity index (χ4v) is 2.65. The van der Waals surface area contributed by atoms with Gasteiger partial charge < -0.3 is 15.4 Å². The number of benzene rings is 2. The normalized spacial score (nSPS) is 10.3. The first-order valence-electron chi connectivity index (χ1n) is 9.07. The molecule has 1 heterocycles. The van der Waals surface area contributed by atoms with Gasteiger partial charge in [-0.2, -0.15) is 0 Å². The summed E-state index contributed by atoms with van der Waals surface area (Å²) in [6.45, 7) is 2.28. The molecule has 0 radical (unpaired) electrons. The number of nitrogens with one attached hydrogen (secondary N) is 2. The lowest BCUT2D eigenvalue weighted by molar-refractivity contribution is 0.0527. The van der Waals surface area contributed by atoms with Crippen molar-refractivity contribution in [3.05, 3.63) is 89.5 Å². The summed E-state index contributed by atoms with van der Waals surface area (Å²) in [6.07, 6.45) is 3.00. The van der Waals surface area contributed by atoms with Gasteiger partial charge in [0.05, 0.1) is 35.3 Å². The van der Waals surface area contributed by atoms with Crippen molar-refractivity contribution in [2.75, 3.05) is 11.9 Å². The van der Waals surface area contributed by atoms with Crippen molar-refractivity contribution < 1.29 is 18.7 Å². The topological polar surface area (TPSA) is 80.3 Å². The maximum atomic E-state index is 13.0. The van der Waals surface area contributed by atoms with Crippen LogP contribution in [-0.4, -0.2) is 23.5 Å². The van der Waals surface area contributed by atoms with E-state index in [-0.39, 0.29) is 24.9 Å². The minimum atomic E-state index is -0.434. The van der Waals surface area contributed by atoms with Crippen LogP contribution in [0.4, 0.5) is 15.8 Å². The first-order chi connectivity index (χ1) is 14.1. The summed E-state index contributed by atoms with van der Waals surface area (Å²) in [6, 6.07) is 14.5. The van der Waals surface area contributed by atoms with Gasteiger partial charge in [-0.15, -0.1) is 0 Å². The maximum Gasteiger partial charge on any atom is 0.340 e. The number of hydrogen-bond donors (Lipinski definition) is 2. The van der Waals surface area contributed by atoms with Crippen LogP contribution < -0.4 is 10.6 Å². The summed E-state index contributed by atoms with van der Waals surface area (Å²) in [5.41, 5.74) is 2.63. The Morgan fingerprint density at radius 3 is 2.59 bits per heavy atom. The number of amides is 1. The number of esters is 1. The molecule has 148 valence electrons. The number of hydrogen-bond acceptors (Lipinski definition) is 5. The molecule has 0 spiro atoms. The van der Waals surface area contributed by atoms with Crippen molar-refractivity contribution in [2.45, 2.75) is 13.5 Å². The predicted molar refractivity (Wildman–Crippen MR) is 107 cm³/mol. The van der Waals surface area contributed by atoms with E-state index in [1.165, 1.54) is 18.3 Å². The molecule has 29 heavy (non-hydrogen) atoms. The van der Waals surface area contributed by atoms with E-state index in [9.17, 15) is 14.0 Å². The molecule has 0 aliphatic heterocycles. The summed E-state index contributed by atoms with van der Waals surface area (Å²) < 4.78 is 18.0. The summed E-state index contributed by atoms with van der Waals surface area (Å²) >= 11 is 0. The Labute approximate surface area is 167 Å². The van der Waals surface area contributed by atoms with Crippen molar-refractivity contribution in [1.82, 2.24) is 10.3 Å². The van der Waals surface area contributed by atoms with Gasteiger partial charge >= 0.3 is 5.97 Å². The van der Waals surface area contributed by atoms with Crippen LogP contribution in [0.5, 0.6) is 0 Å². The zero-order valence-corrected chi connectivity index (χ0v) is 15.8. The van der Waals surface area contributed by atoms with Gasteiger partial charge in [0.25, 0.3) is 5.91 Å². The van der Waals surface area contributed by atoms with Crippen LogP contribution in [0.1, 0.15) is 33.2 Å². The van der Waals surface area contributed by atoms with Crippen LogP contribution in [0.15, 0.2) is 67.0 Å². The third-order valence-corrected chi connectivity index (χ3v) is 4.07. The molecule has 0 fully saturated rings. The highest BCUT2D eigenvalue weighted by Crippen LogP contribution is 2.22. The van der Waals surface area contributed by atoms with Crippen LogP contribution in [0.3, 0.4) is 0 Å². The summed E-state index contributed by atoms with van der Waals surface area (Å²) in [5, 5.41) is 5.87. The molecule has 6 nitrogen and oxygen atoms in total. The highest BCUT2D eigenvalue weighted by Gasteiger charge is 2.13. The average molecular weight is 393 g/mol.